The fraction of sp³-hybridized carbons (Fsp3) is 0.464. The highest BCUT2D eigenvalue weighted by Gasteiger charge is 2.30. The van der Waals surface area contributed by atoms with Crippen molar-refractivity contribution in [3.05, 3.63) is 57.0 Å². The number of carbonyl (C=O) groups excluding carboxylic acids is 1. The number of amides is 1. The summed E-state index contributed by atoms with van der Waals surface area (Å²) in [5.74, 6) is 1.58. The Bertz CT molecular complexity index is 1300. The van der Waals surface area contributed by atoms with Crippen molar-refractivity contribution in [2.24, 2.45) is 5.41 Å². The van der Waals surface area contributed by atoms with Gasteiger partial charge in [-0.25, -0.2) is 4.98 Å². The molecule has 0 saturated heterocycles. The number of nitrogens with zero attached hydrogens (tertiary/aromatic N) is 3. The minimum Gasteiger partial charge on any atom is -0.497 e. The Labute approximate surface area is 221 Å². The lowest BCUT2D eigenvalue weighted by atomic mass is 9.91. The van der Waals surface area contributed by atoms with Crippen molar-refractivity contribution in [2.75, 3.05) is 20.8 Å². The maximum atomic E-state index is 14.0. The molecule has 0 bridgehead atoms. The molecule has 0 aliphatic rings. The van der Waals surface area contributed by atoms with Gasteiger partial charge in [0.15, 0.2) is 0 Å². The van der Waals surface area contributed by atoms with E-state index in [2.05, 4.69) is 43.6 Å². The van der Waals surface area contributed by atoms with E-state index >= 15 is 0 Å². The molecule has 1 aromatic heterocycles. The van der Waals surface area contributed by atoms with E-state index in [4.69, 9.17) is 14.5 Å². The van der Waals surface area contributed by atoms with Gasteiger partial charge >= 0.3 is 0 Å². The predicted octanol–water partition coefficient (Wildman–Crippen LogP) is 6.29. The largest absolute Gasteiger partial charge is 0.497 e. The number of ether oxygens (including phenoxy) is 2. The molecule has 0 fully saturated rings. The molecule has 3 rings (SSSR count). The van der Waals surface area contributed by atoms with Crippen molar-refractivity contribution >= 4 is 32.7 Å². The second-order valence-corrected chi connectivity index (χ2v) is 10.9. The van der Waals surface area contributed by atoms with Gasteiger partial charge in [-0.05, 0) is 46.8 Å². The van der Waals surface area contributed by atoms with Crippen LogP contribution in [0.25, 0.3) is 16.6 Å². The summed E-state index contributed by atoms with van der Waals surface area (Å²) in [7, 11) is 3.13. The SMILES string of the molecule is CCCCN(C(=O)CC(C)(C)C)C(C)c1nc2ccccc2c(=O)n1-c1cc(OC)cc(OC)c1Br. The molecule has 36 heavy (non-hydrogen) atoms. The Kier molecular flexibility index (Phi) is 8.82. The number of carbonyl (C=O) groups is 1. The molecule has 2 aromatic carbocycles. The van der Waals surface area contributed by atoms with Crippen LogP contribution < -0.4 is 15.0 Å². The lowest BCUT2D eigenvalue weighted by Gasteiger charge is -2.33. The molecule has 3 aromatic rings. The summed E-state index contributed by atoms with van der Waals surface area (Å²) in [6.07, 6.45) is 2.20. The van der Waals surface area contributed by atoms with Gasteiger partial charge in [0.25, 0.3) is 5.56 Å². The standard InChI is InChI=1S/C28H36BrN3O4/c1-8-9-14-31(24(33)17-28(3,4)5)18(2)26-30-21-13-11-10-12-20(21)27(34)32(26)22-15-19(35-6)16-23(36-7)25(22)29/h10-13,15-16,18H,8-9,14,17H2,1-7H3. The highest BCUT2D eigenvalue weighted by Crippen LogP contribution is 2.37. The number of benzene rings is 2. The van der Waals surface area contributed by atoms with E-state index in [1.54, 1.807) is 37.0 Å². The summed E-state index contributed by atoms with van der Waals surface area (Å²) in [6.45, 7) is 10.8. The van der Waals surface area contributed by atoms with Gasteiger partial charge in [-0.1, -0.05) is 46.2 Å². The highest BCUT2D eigenvalue weighted by molar-refractivity contribution is 9.10. The molecule has 7 nitrogen and oxygen atoms in total. The third kappa shape index (κ3) is 5.91. The Balaban J connectivity index is 2.32. The minimum atomic E-state index is -0.451. The topological polar surface area (TPSA) is 73.7 Å². The number of para-hydroxylation sites is 1. The number of hydrogen-bond donors (Lipinski definition) is 0. The molecular weight excluding hydrogens is 522 g/mol. The third-order valence-electron chi connectivity index (χ3n) is 6.09. The molecule has 0 saturated carbocycles. The minimum absolute atomic E-state index is 0.0414. The molecular formula is C28H36BrN3O4. The van der Waals surface area contributed by atoms with E-state index in [1.807, 2.05) is 30.0 Å². The molecule has 8 heteroatoms. The van der Waals surface area contributed by atoms with Crippen LogP contribution in [0.4, 0.5) is 0 Å². The Hall–Kier alpha value is -2.87. The average molecular weight is 559 g/mol. The van der Waals surface area contributed by atoms with E-state index < -0.39 is 6.04 Å². The van der Waals surface area contributed by atoms with Crippen LogP contribution in [-0.2, 0) is 4.79 Å². The van der Waals surface area contributed by atoms with E-state index in [9.17, 15) is 9.59 Å². The van der Waals surface area contributed by atoms with Crippen molar-refractivity contribution in [3.63, 3.8) is 0 Å². The van der Waals surface area contributed by atoms with Crippen LogP contribution in [-0.4, -0.2) is 41.1 Å². The molecule has 1 amide bonds. The summed E-state index contributed by atoms with van der Waals surface area (Å²) in [4.78, 5) is 34.3. The molecule has 194 valence electrons. The first-order valence-corrected chi connectivity index (χ1v) is 13.0. The van der Waals surface area contributed by atoms with Crippen LogP contribution in [0.3, 0.4) is 0 Å². The summed E-state index contributed by atoms with van der Waals surface area (Å²) in [5.41, 5.74) is 0.735. The maximum absolute atomic E-state index is 14.0. The van der Waals surface area contributed by atoms with Crippen LogP contribution in [0.1, 0.15) is 65.7 Å². The summed E-state index contributed by atoms with van der Waals surface area (Å²) >= 11 is 3.62. The summed E-state index contributed by atoms with van der Waals surface area (Å²) < 4.78 is 13.2. The van der Waals surface area contributed by atoms with Crippen molar-refractivity contribution < 1.29 is 14.3 Å². The normalized spacial score (nSPS) is 12.4. The number of rotatable bonds is 9. The Morgan fingerprint density at radius 1 is 1.17 bits per heavy atom. The van der Waals surface area contributed by atoms with E-state index in [0.29, 0.717) is 51.4 Å². The monoisotopic (exact) mass is 557 g/mol. The van der Waals surface area contributed by atoms with Gasteiger partial charge in [-0.3, -0.25) is 14.2 Å². The number of unbranched alkanes of at least 4 members (excludes halogenated alkanes) is 1. The van der Waals surface area contributed by atoms with Gasteiger partial charge in [-0.2, -0.15) is 0 Å². The van der Waals surface area contributed by atoms with E-state index in [1.165, 1.54) is 0 Å². The second-order valence-electron chi connectivity index (χ2n) is 10.1. The van der Waals surface area contributed by atoms with Gasteiger partial charge in [0, 0.05) is 25.1 Å². The van der Waals surface area contributed by atoms with Crippen LogP contribution >= 0.6 is 15.9 Å². The lowest BCUT2D eigenvalue weighted by molar-refractivity contribution is -0.135. The number of aromatic nitrogens is 2. The first-order chi connectivity index (χ1) is 17.0. The van der Waals surface area contributed by atoms with Crippen LogP contribution in [0.5, 0.6) is 11.5 Å². The zero-order valence-corrected chi connectivity index (χ0v) is 23.8. The Morgan fingerprint density at radius 3 is 2.47 bits per heavy atom. The molecule has 1 unspecified atom stereocenters. The zero-order chi connectivity index (χ0) is 26.6. The zero-order valence-electron chi connectivity index (χ0n) is 22.2. The fourth-order valence-electron chi connectivity index (χ4n) is 4.21. The molecule has 0 N–H and O–H groups in total. The Morgan fingerprint density at radius 2 is 1.86 bits per heavy atom. The first-order valence-electron chi connectivity index (χ1n) is 12.3. The van der Waals surface area contributed by atoms with Crippen LogP contribution in [0, 0.1) is 5.41 Å². The third-order valence-corrected chi connectivity index (χ3v) is 6.88. The van der Waals surface area contributed by atoms with Gasteiger partial charge in [-0.15, -0.1) is 0 Å². The maximum Gasteiger partial charge on any atom is 0.266 e. The van der Waals surface area contributed by atoms with E-state index in [-0.39, 0.29) is 16.9 Å². The number of fused-ring (bicyclic) bond motifs is 1. The molecule has 0 aliphatic carbocycles. The molecule has 0 aliphatic heterocycles. The van der Waals surface area contributed by atoms with Crippen molar-refractivity contribution in [2.45, 2.75) is 59.9 Å². The molecule has 1 atom stereocenters. The highest BCUT2D eigenvalue weighted by atomic mass is 79.9. The first kappa shape index (κ1) is 27.7. The molecule has 1 heterocycles. The van der Waals surface area contributed by atoms with Crippen LogP contribution in [0.2, 0.25) is 0 Å². The molecule has 0 radical (unpaired) electrons. The van der Waals surface area contributed by atoms with Crippen molar-refractivity contribution in [1.82, 2.24) is 14.5 Å². The van der Waals surface area contributed by atoms with Gasteiger partial charge in [0.05, 0.1) is 41.3 Å². The fourth-order valence-corrected chi connectivity index (χ4v) is 4.78. The molecule has 0 spiro atoms. The second kappa shape index (κ2) is 11.5. The van der Waals surface area contributed by atoms with Crippen molar-refractivity contribution in [1.29, 1.82) is 0 Å². The summed E-state index contributed by atoms with van der Waals surface area (Å²) in [6, 6.07) is 10.3. The van der Waals surface area contributed by atoms with Gasteiger partial charge in [0.1, 0.15) is 17.3 Å². The average Bonchev–Trinajstić information content (AvgIpc) is 2.83. The van der Waals surface area contributed by atoms with E-state index in [0.717, 1.165) is 12.8 Å². The van der Waals surface area contributed by atoms with Crippen LogP contribution in [0.15, 0.2) is 45.7 Å². The predicted molar refractivity (Wildman–Crippen MR) is 147 cm³/mol. The van der Waals surface area contributed by atoms with Gasteiger partial charge in [0.2, 0.25) is 5.91 Å². The number of hydrogen-bond acceptors (Lipinski definition) is 5. The smallest absolute Gasteiger partial charge is 0.266 e. The number of methoxy groups -OCH3 is 2. The van der Waals surface area contributed by atoms with Crippen molar-refractivity contribution in [3.8, 4) is 17.2 Å². The summed E-state index contributed by atoms with van der Waals surface area (Å²) in [5, 5.41) is 0.489. The number of halogens is 1. The van der Waals surface area contributed by atoms with Gasteiger partial charge < -0.3 is 14.4 Å². The lowest BCUT2D eigenvalue weighted by Crippen LogP contribution is -2.39. The quantitative estimate of drug-likeness (QED) is 0.309.